The number of anilines is 1. The molecular formula is C26H22N3O4Te2+. The van der Waals surface area contributed by atoms with Gasteiger partial charge in [0.15, 0.2) is 0 Å². The van der Waals surface area contributed by atoms with E-state index in [2.05, 4.69) is 33.7 Å². The molecule has 0 radical (unpaired) electrons. The number of benzene rings is 2. The Morgan fingerprint density at radius 3 is 2.80 bits per heavy atom. The SMILES string of the molecule is N#CC(=C\C=C1/[Te]c2ccccc2N1CCOC=O)/C=C/c1[te]c2ccccc2[n+]1CCC(=O)O. The molecule has 7 nitrogen and oxygen atoms in total. The van der Waals surface area contributed by atoms with E-state index in [-0.39, 0.29) is 6.42 Å². The number of rotatable bonds is 10. The van der Waals surface area contributed by atoms with Crippen molar-refractivity contribution < 1.29 is 24.0 Å². The topological polar surface area (TPSA) is 94.5 Å². The van der Waals surface area contributed by atoms with E-state index in [0.717, 1.165) is 18.7 Å². The molecule has 0 aliphatic carbocycles. The molecule has 2 heterocycles. The Morgan fingerprint density at radius 1 is 1.20 bits per heavy atom. The van der Waals surface area contributed by atoms with Crippen molar-refractivity contribution in [3.63, 3.8) is 0 Å². The molecule has 0 saturated heterocycles. The van der Waals surface area contributed by atoms with Crippen LogP contribution in [-0.2, 0) is 20.9 Å². The van der Waals surface area contributed by atoms with Crippen LogP contribution in [0.15, 0.2) is 76.1 Å². The zero-order valence-corrected chi connectivity index (χ0v) is 23.3. The molecule has 1 aliphatic heterocycles. The predicted octanol–water partition coefficient (Wildman–Crippen LogP) is 1.99. The van der Waals surface area contributed by atoms with E-state index >= 15 is 0 Å². The fourth-order valence-corrected chi connectivity index (χ4v) is 9.89. The van der Waals surface area contributed by atoms with Gasteiger partial charge in [-0.25, -0.2) is 0 Å². The van der Waals surface area contributed by atoms with Crippen LogP contribution in [0.5, 0.6) is 0 Å². The summed E-state index contributed by atoms with van der Waals surface area (Å²) in [5.74, 6) is -0.827. The summed E-state index contributed by atoms with van der Waals surface area (Å²) in [6.45, 7) is 1.74. The van der Waals surface area contributed by atoms with Crippen LogP contribution in [0.2, 0.25) is 0 Å². The summed E-state index contributed by atoms with van der Waals surface area (Å²) in [7, 11) is 0. The number of hydrogen-bond acceptors (Lipinski definition) is 5. The molecule has 0 unspecified atom stereocenters. The number of fused-ring (bicyclic) bond motifs is 2. The molecule has 35 heavy (non-hydrogen) atoms. The van der Waals surface area contributed by atoms with E-state index in [0.29, 0.717) is 31.7 Å². The minimum atomic E-state index is -0.827. The number of nitriles is 1. The van der Waals surface area contributed by atoms with Crippen molar-refractivity contribution in [3.8, 4) is 6.07 Å². The van der Waals surface area contributed by atoms with Gasteiger partial charge in [0.2, 0.25) is 0 Å². The van der Waals surface area contributed by atoms with Crippen molar-refractivity contribution in [2.45, 2.75) is 13.0 Å². The molecule has 0 amide bonds. The van der Waals surface area contributed by atoms with Crippen LogP contribution >= 0.6 is 0 Å². The molecule has 2 aromatic carbocycles. The van der Waals surface area contributed by atoms with Crippen LogP contribution in [0, 0.1) is 11.3 Å². The van der Waals surface area contributed by atoms with Crippen molar-refractivity contribution in [1.29, 1.82) is 5.26 Å². The molecule has 9 heteroatoms. The summed E-state index contributed by atoms with van der Waals surface area (Å²) in [6, 6.07) is 18.6. The normalized spacial score (nSPS) is 14.4. The Kier molecular flexibility index (Phi) is 8.80. The van der Waals surface area contributed by atoms with Crippen LogP contribution in [-0.4, -0.2) is 72.1 Å². The van der Waals surface area contributed by atoms with Gasteiger partial charge in [0.05, 0.1) is 0 Å². The number of nitrogens with zero attached hydrogens (tertiary/aromatic N) is 3. The average molecular weight is 696 g/mol. The third-order valence-corrected chi connectivity index (χ3v) is 11.7. The van der Waals surface area contributed by atoms with Crippen molar-refractivity contribution in [1.82, 2.24) is 0 Å². The van der Waals surface area contributed by atoms with Crippen molar-refractivity contribution in [2.24, 2.45) is 0 Å². The first kappa shape index (κ1) is 25.2. The number of aryl methyl sites for hydroxylation is 1. The fourth-order valence-electron chi connectivity index (χ4n) is 3.67. The third-order valence-electron chi connectivity index (χ3n) is 5.26. The first-order chi connectivity index (χ1) is 17.1. The van der Waals surface area contributed by atoms with E-state index in [4.69, 9.17) is 9.84 Å². The Balaban J connectivity index is 1.60. The second-order valence-electron chi connectivity index (χ2n) is 7.46. The zero-order valence-electron chi connectivity index (χ0n) is 18.7. The Labute approximate surface area is 222 Å². The fraction of sp³-hybridized carbons (Fsp3) is 0.154. The number of carbonyl (C=O) groups excluding carboxylic acids is 1. The van der Waals surface area contributed by atoms with Crippen molar-refractivity contribution in [3.05, 3.63) is 79.8 Å². The summed E-state index contributed by atoms with van der Waals surface area (Å²) in [4.78, 5) is 23.9. The summed E-state index contributed by atoms with van der Waals surface area (Å²) < 4.78 is 11.8. The minimum absolute atomic E-state index is 0.0558. The molecule has 176 valence electrons. The van der Waals surface area contributed by atoms with Gasteiger partial charge in [0.1, 0.15) is 0 Å². The predicted molar refractivity (Wildman–Crippen MR) is 135 cm³/mol. The molecule has 0 saturated carbocycles. The van der Waals surface area contributed by atoms with Gasteiger partial charge in [-0.1, -0.05) is 0 Å². The number of para-hydroxylation sites is 2. The quantitative estimate of drug-likeness (QED) is 0.0872. The van der Waals surface area contributed by atoms with Gasteiger partial charge in [-0.15, -0.1) is 0 Å². The number of hydrogen-bond donors (Lipinski definition) is 1. The second kappa shape index (κ2) is 12.2. The Morgan fingerprint density at radius 2 is 2.00 bits per heavy atom. The molecule has 0 fully saturated rings. The maximum absolute atomic E-state index is 11.2. The number of allylic oxidation sites excluding steroid dienone is 4. The zero-order chi connectivity index (χ0) is 24.6. The van der Waals surface area contributed by atoms with Gasteiger partial charge in [-0.3, -0.25) is 0 Å². The molecule has 0 spiro atoms. The summed E-state index contributed by atoms with van der Waals surface area (Å²) in [6.07, 6.45) is 7.67. The van der Waals surface area contributed by atoms with Gasteiger partial charge in [0.25, 0.3) is 0 Å². The number of ether oxygens (including phenoxy) is 1. The summed E-state index contributed by atoms with van der Waals surface area (Å²) >= 11 is -1.28. The van der Waals surface area contributed by atoms with E-state index in [1.54, 1.807) is 0 Å². The van der Waals surface area contributed by atoms with Gasteiger partial charge in [-0.05, 0) is 0 Å². The van der Waals surface area contributed by atoms with Crippen molar-refractivity contribution in [2.75, 3.05) is 18.1 Å². The van der Waals surface area contributed by atoms with E-state index in [1.165, 1.54) is 7.01 Å². The van der Waals surface area contributed by atoms with Crippen LogP contribution < -0.4 is 13.1 Å². The molecule has 1 N–H and O–H groups in total. The maximum atomic E-state index is 11.2. The standard InChI is InChI=1S/C26H21N3O4Te2/c27-17-19(9-11-24-28(14-13-26(31)32)20-5-1-3-7-22(20)34-24)10-12-25-29(15-16-33-18-30)21-6-2-4-8-23(21)35-25/h1-12,18H,13-16H2/p+1. The van der Waals surface area contributed by atoms with E-state index < -0.39 is 47.3 Å². The third kappa shape index (κ3) is 6.23. The van der Waals surface area contributed by atoms with Crippen LogP contribution in [0.4, 0.5) is 5.69 Å². The van der Waals surface area contributed by atoms with Crippen LogP contribution in [0.25, 0.3) is 15.0 Å². The van der Waals surface area contributed by atoms with Gasteiger partial charge in [0, 0.05) is 0 Å². The molecule has 4 rings (SSSR count). The number of carboxylic acid groups (broad SMARTS) is 1. The molecule has 0 atom stereocenters. The molecule has 3 aromatic rings. The monoisotopic (exact) mass is 700 g/mol. The molecule has 1 aliphatic rings. The number of carboxylic acids is 1. The number of aromatic nitrogens is 1. The Bertz CT molecular complexity index is 1380. The molecule has 1 aromatic heterocycles. The van der Waals surface area contributed by atoms with E-state index in [1.807, 2.05) is 54.6 Å². The number of carbonyl (C=O) groups is 2. The van der Waals surface area contributed by atoms with Crippen LogP contribution in [0.1, 0.15) is 10.1 Å². The van der Waals surface area contributed by atoms with Crippen molar-refractivity contribution >= 4 is 78.1 Å². The van der Waals surface area contributed by atoms with Crippen LogP contribution in [0.3, 0.4) is 0 Å². The first-order valence-corrected chi connectivity index (χ1v) is 15.5. The average Bonchev–Trinajstić information content (AvgIpc) is 3.40. The Hall–Kier alpha value is -2.86. The van der Waals surface area contributed by atoms with Gasteiger partial charge in [-0.2, -0.15) is 0 Å². The van der Waals surface area contributed by atoms with E-state index in [9.17, 15) is 14.9 Å². The summed E-state index contributed by atoms with van der Waals surface area (Å²) in [5.41, 5.74) is 2.74. The van der Waals surface area contributed by atoms with Gasteiger partial charge < -0.3 is 0 Å². The first-order valence-electron chi connectivity index (χ1n) is 10.8. The molecular weight excluding hydrogens is 674 g/mol. The second-order valence-corrected chi connectivity index (χ2v) is 13.5. The summed E-state index contributed by atoms with van der Waals surface area (Å²) in [5, 5.41) is 18.9. The van der Waals surface area contributed by atoms with Gasteiger partial charge >= 0.3 is 224 Å². The molecule has 0 bridgehead atoms. The number of aliphatic carboxylic acids is 1.